The van der Waals surface area contributed by atoms with Crippen molar-refractivity contribution in [1.29, 1.82) is 0 Å². The number of sulfonamides is 1. The van der Waals surface area contributed by atoms with Gasteiger partial charge in [-0.25, -0.2) is 8.42 Å². The van der Waals surface area contributed by atoms with Crippen molar-refractivity contribution in [3.05, 3.63) is 52.9 Å². The predicted molar refractivity (Wildman–Crippen MR) is 92.8 cm³/mol. The molecule has 7 heteroatoms. The Labute approximate surface area is 145 Å². The van der Waals surface area contributed by atoms with Crippen molar-refractivity contribution < 1.29 is 13.2 Å². The maximum atomic E-state index is 12.7. The minimum absolute atomic E-state index is 0.0372. The highest BCUT2D eigenvalue weighted by atomic mass is 32.2. The number of carbonyl (C=O) groups is 1. The largest absolute Gasteiger partial charge is 0.351 e. The van der Waals surface area contributed by atoms with Gasteiger partial charge >= 0.3 is 0 Å². The molecule has 0 atom stereocenters. The smallest absolute Gasteiger partial charge is 0.252 e. The van der Waals surface area contributed by atoms with E-state index in [2.05, 4.69) is 5.32 Å². The van der Waals surface area contributed by atoms with Gasteiger partial charge in [0.1, 0.15) is 4.21 Å². The number of thiophene rings is 1. The van der Waals surface area contributed by atoms with Crippen LogP contribution in [0.25, 0.3) is 0 Å². The lowest BCUT2D eigenvalue weighted by Crippen LogP contribution is -2.53. The van der Waals surface area contributed by atoms with Crippen LogP contribution in [-0.2, 0) is 15.4 Å². The number of benzene rings is 1. The Balaban J connectivity index is 1.61. The fourth-order valence-corrected chi connectivity index (χ4v) is 6.31. The third-order valence-corrected chi connectivity index (χ3v) is 8.37. The summed E-state index contributed by atoms with van der Waals surface area (Å²) in [6, 6.07) is 11.1. The second-order valence-electron chi connectivity index (χ2n) is 6.34. The molecule has 0 radical (unpaired) electrons. The first-order chi connectivity index (χ1) is 11.5. The minimum atomic E-state index is -3.40. The number of amides is 1. The Hall–Kier alpha value is -1.70. The molecule has 2 aromatic rings. The molecule has 2 aliphatic rings. The number of fused-ring (bicyclic) bond motifs is 2. The van der Waals surface area contributed by atoms with E-state index in [0.29, 0.717) is 23.8 Å². The van der Waals surface area contributed by atoms with Gasteiger partial charge in [0.25, 0.3) is 15.9 Å². The van der Waals surface area contributed by atoms with E-state index >= 15 is 0 Å². The van der Waals surface area contributed by atoms with Crippen LogP contribution >= 0.6 is 11.3 Å². The van der Waals surface area contributed by atoms with Gasteiger partial charge in [-0.2, -0.15) is 4.31 Å². The maximum absolute atomic E-state index is 12.7. The van der Waals surface area contributed by atoms with E-state index < -0.39 is 10.0 Å². The van der Waals surface area contributed by atoms with Crippen molar-refractivity contribution in [1.82, 2.24) is 9.62 Å². The lowest BCUT2D eigenvalue weighted by Gasteiger charge is -2.44. The summed E-state index contributed by atoms with van der Waals surface area (Å²) >= 11 is 1.25. The summed E-state index contributed by atoms with van der Waals surface area (Å²) < 4.78 is 27.3. The molecule has 1 N–H and O–H groups in total. The molecular weight excluding hydrogens is 344 g/mol. The topological polar surface area (TPSA) is 66.5 Å². The van der Waals surface area contributed by atoms with Gasteiger partial charge in [0.15, 0.2) is 0 Å². The number of rotatable bonds is 2. The number of carbonyl (C=O) groups excluding carboxylic acids is 1. The van der Waals surface area contributed by atoms with Crippen LogP contribution in [0.4, 0.5) is 0 Å². The Bertz CT molecular complexity index is 867. The van der Waals surface area contributed by atoms with E-state index in [4.69, 9.17) is 0 Å². The van der Waals surface area contributed by atoms with Gasteiger partial charge in [0.2, 0.25) is 0 Å². The van der Waals surface area contributed by atoms with Gasteiger partial charge in [-0.05, 0) is 35.9 Å². The molecule has 0 bridgehead atoms. The van der Waals surface area contributed by atoms with E-state index in [1.165, 1.54) is 11.3 Å². The van der Waals surface area contributed by atoms with Gasteiger partial charge < -0.3 is 5.32 Å². The van der Waals surface area contributed by atoms with Crippen LogP contribution in [0.15, 0.2) is 46.0 Å². The van der Waals surface area contributed by atoms with E-state index in [-0.39, 0.29) is 11.3 Å². The predicted octanol–water partition coefficient (Wildman–Crippen LogP) is 2.21. The lowest BCUT2D eigenvalue weighted by atomic mass is 9.69. The second kappa shape index (κ2) is 5.68. The van der Waals surface area contributed by atoms with Crippen LogP contribution in [0.1, 0.15) is 28.8 Å². The molecule has 4 rings (SSSR count). The molecule has 0 saturated carbocycles. The fraction of sp³-hybridized carbons (Fsp3) is 0.353. The first-order valence-corrected chi connectivity index (χ1v) is 10.3. The summed E-state index contributed by atoms with van der Waals surface area (Å²) in [5, 5.41) is 4.76. The molecule has 3 heterocycles. The van der Waals surface area contributed by atoms with Crippen molar-refractivity contribution >= 4 is 27.3 Å². The average molecular weight is 362 g/mol. The standard InChI is InChI=1S/C17H18N2O3S2/c20-16-13-4-1-2-5-14(13)17(12-18-16)7-9-19(10-8-17)24(21,22)15-6-3-11-23-15/h1-6,11H,7-10,12H2,(H,18,20). The molecule has 1 aromatic heterocycles. The highest BCUT2D eigenvalue weighted by Gasteiger charge is 2.43. The highest BCUT2D eigenvalue weighted by molar-refractivity contribution is 7.91. The number of nitrogens with one attached hydrogen (secondary N) is 1. The molecule has 126 valence electrons. The number of hydrogen-bond donors (Lipinski definition) is 1. The molecule has 1 spiro atoms. The van der Waals surface area contributed by atoms with E-state index in [0.717, 1.165) is 24.0 Å². The zero-order valence-corrected chi connectivity index (χ0v) is 14.7. The lowest BCUT2D eigenvalue weighted by molar-refractivity contribution is 0.0906. The first kappa shape index (κ1) is 15.8. The molecular formula is C17H18N2O3S2. The molecule has 0 aliphatic carbocycles. The molecule has 0 unspecified atom stereocenters. The van der Waals surface area contributed by atoms with Crippen LogP contribution < -0.4 is 5.32 Å². The van der Waals surface area contributed by atoms with E-state index in [1.807, 2.05) is 24.3 Å². The molecule has 24 heavy (non-hydrogen) atoms. The summed E-state index contributed by atoms with van der Waals surface area (Å²) in [6.07, 6.45) is 1.43. The quantitative estimate of drug-likeness (QED) is 0.891. The molecule has 1 fully saturated rings. The van der Waals surface area contributed by atoms with Crippen LogP contribution in [0.3, 0.4) is 0 Å². The average Bonchev–Trinajstić information content (AvgIpc) is 3.15. The third-order valence-electron chi connectivity index (χ3n) is 5.10. The van der Waals surface area contributed by atoms with Crippen LogP contribution in [0.2, 0.25) is 0 Å². The number of hydrogen-bond acceptors (Lipinski definition) is 4. The first-order valence-electron chi connectivity index (χ1n) is 7.94. The van der Waals surface area contributed by atoms with Crippen molar-refractivity contribution in [3.8, 4) is 0 Å². The fourth-order valence-electron chi connectivity index (χ4n) is 3.72. The van der Waals surface area contributed by atoms with Gasteiger partial charge in [-0.3, -0.25) is 4.79 Å². The highest BCUT2D eigenvalue weighted by Crippen LogP contribution is 2.40. The zero-order chi connectivity index (χ0) is 16.8. The van der Waals surface area contributed by atoms with Crippen molar-refractivity contribution in [2.24, 2.45) is 0 Å². The Kier molecular flexibility index (Phi) is 3.74. The van der Waals surface area contributed by atoms with Crippen LogP contribution in [0.5, 0.6) is 0 Å². The molecule has 1 aromatic carbocycles. The Morgan fingerprint density at radius 2 is 1.83 bits per heavy atom. The SMILES string of the molecule is O=C1NCC2(CCN(S(=O)(=O)c3cccs3)CC2)c2ccccc21. The Morgan fingerprint density at radius 1 is 1.08 bits per heavy atom. The van der Waals surface area contributed by atoms with Crippen molar-refractivity contribution in [2.45, 2.75) is 22.5 Å². The van der Waals surface area contributed by atoms with E-state index in [9.17, 15) is 13.2 Å². The summed E-state index contributed by atoms with van der Waals surface area (Å²) in [5.41, 5.74) is 1.62. The third kappa shape index (κ3) is 2.39. The van der Waals surface area contributed by atoms with Gasteiger partial charge in [0, 0.05) is 30.6 Å². The van der Waals surface area contributed by atoms with Crippen LogP contribution in [0, 0.1) is 0 Å². The van der Waals surface area contributed by atoms with E-state index in [1.54, 1.807) is 21.8 Å². The number of piperidine rings is 1. The molecule has 1 saturated heterocycles. The van der Waals surface area contributed by atoms with Crippen molar-refractivity contribution in [3.63, 3.8) is 0 Å². The second-order valence-corrected chi connectivity index (χ2v) is 9.46. The molecule has 5 nitrogen and oxygen atoms in total. The summed E-state index contributed by atoms with van der Waals surface area (Å²) in [4.78, 5) is 12.1. The minimum Gasteiger partial charge on any atom is -0.351 e. The summed E-state index contributed by atoms with van der Waals surface area (Å²) in [5.74, 6) is -0.0372. The molecule has 2 aliphatic heterocycles. The summed E-state index contributed by atoms with van der Waals surface area (Å²) in [7, 11) is -3.40. The van der Waals surface area contributed by atoms with Gasteiger partial charge in [-0.1, -0.05) is 24.3 Å². The van der Waals surface area contributed by atoms with Crippen molar-refractivity contribution in [2.75, 3.05) is 19.6 Å². The molecule has 1 amide bonds. The monoisotopic (exact) mass is 362 g/mol. The van der Waals surface area contributed by atoms with Crippen LogP contribution in [-0.4, -0.2) is 38.3 Å². The van der Waals surface area contributed by atoms with Gasteiger partial charge in [-0.15, -0.1) is 11.3 Å². The normalized spacial score (nSPS) is 20.6. The number of nitrogens with zero attached hydrogens (tertiary/aromatic N) is 1. The Morgan fingerprint density at radius 3 is 2.54 bits per heavy atom. The summed E-state index contributed by atoms with van der Waals surface area (Å²) in [6.45, 7) is 1.53. The zero-order valence-electron chi connectivity index (χ0n) is 13.1. The maximum Gasteiger partial charge on any atom is 0.252 e. The van der Waals surface area contributed by atoms with Gasteiger partial charge in [0.05, 0.1) is 0 Å².